The van der Waals surface area contributed by atoms with Gasteiger partial charge in [-0.05, 0) is 53.2 Å². The molecule has 0 aliphatic heterocycles. The van der Waals surface area contributed by atoms with Gasteiger partial charge < -0.3 is 5.11 Å². The van der Waals surface area contributed by atoms with Crippen LogP contribution in [0.4, 0.5) is 0 Å². The van der Waals surface area contributed by atoms with Gasteiger partial charge in [-0.1, -0.05) is 29.8 Å². The molecule has 1 unspecified atom stereocenters. The zero-order valence-electron chi connectivity index (χ0n) is 11.6. The van der Waals surface area contributed by atoms with Crippen LogP contribution in [0.5, 0.6) is 0 Å². The van der Waals surface area contributed by atoms with Gasteiger partial charge in [0.1, 0.15) is 0 Å². The van der Waals surface area contributed by atoms with Crippen molar-refractivity contribution >= 4 is 27.5 Å². The van der Waals surface area contributed by atoms with Gasteiger partial charge in [-0.2, -0.15) is 5.10 Å². The summed E-state index contributed by atoms with van der Waals surface area (Å²) in [6, 6.07) is 7.78. The van der Waals surface area contributed by atoms with Crippen LogP contribution in [0.3, 0.4) is 0 Å². The largest absolute Gasteiger partial charge is 0.396 e. The number of hydrogen-bond donors (Lipinski definition) is 1. The number of aromatic nitrogens is 2. The van der Waals surface area contributed by atoms with Crippen LogP contribution in [0.2, 0.25) is 5.02 Å². The van der Waals surface area contributed by atoms with Crippen molar-refractivity contribution in [3.05, 3.63) is 50.7 Å². The first-order valence-corrected chi connectivity index (χ1v) is 7.72. The highest BCUT2D eigenvalue weighted by Crippen LogP contribution is 2.25. The molecule has 1 atom stereocenters. The number of aryl methyl sites for hydroxylation is 2. The molecule has 1 heterocycles. The highest BCUT2D eigenvalue weighted by molar-refractivity contribution is 9.10. The van der Waals surface area contributed by atoms with Crippen molar-refractivity contribution in [2.75, 3.05) is 6.61 Å². The van der Waals surface area contributed by atoms with Crippen LogP contribution in [0, 0.1) is 12.8 Å². The van der Waals surface area contributed by atoms with Gasteiger partial charge in [-0.25, -0.2) is 0 Å². The molecule has 0 aliphatic rings. The average Bonchev–Trinajstić information content (AvgIpc) is 2.66. The molecule has 3 nitrogen and oxygen atoms in total. The Kier molecular flexibility index (Phi) is 5.24. The molecular weight excluding hydrogens is 340 g/mol. The molecule has 0 saturated heterocycles. The lowest BCUT2D eigenvalue weighted by Crippen LogP contribution is -2.15. The molecule has 1 N–H and O–H groups in total. The van der Waals surface area contributed by atoms with Crippen molar-refractivity contribution in [3.8, 4) is 0 Å². The average molecular weight is 358 g/mol. The smallest absolute Gasteiger partial charge is 0.0738 e. The summed E-state index contributed by atoms with van der Waals surface area (Å²) >= 11 is 9.75. The van der Waals surface area contributed by atoms with Crippen molar-refractivity contribution in [1.29, 1.82) is 0 Å². The first kappa shape index (κ1) is 15.5. The minimum absolute atomic E-state index is 0.126. The van der Waals surface area contributed by atoms with E-state index in [4.69, 9.17) is 11.6 Å². The number of hydrogen-bond acceptors (Lipinski definition) is 2. The Bertz CT molecular complexity index is 598. The molecule has 2 rings (SSSR count). The molecule has 0 spiro atoms. The predicted molar refractivity (Wildman–Crippen MR) is 85.1 cm³/mol. The number of nitrogens with zero attached hydrogens (tertiary/aromatic N) is 2. The van der Waals surface area contributed by atoms with Crippen molar-refractivity contribution < 1.29 is 5.11 Å². The van der Waals surface area contributed by atoms with Gasteiger partial charge in [0.05, 0.1) is 15.9 Å². The molecule has 0 fully saturated rings. The van der Waals surface area contributed by atoms with Gasteiger partial charge >= 0.3 is 0 Å². The van der Waals surface area contributed by atoms with Crippen LogP contribution in [-0.2, 0) is 19.9 Å². The van der Waals surface area contributed by atoms with E-state index in [2.05, 4.69) is 21.0 Å². The molecule has 2 aromatic rings. The van der Waals surface area contributed by atoms with Crippen LogP contribution in [-0.4, -0.2) is 21.5 Å². The maximum Gasteiger partial charge on any atom is 0.0738 e. The molecule has 20 heavy (non-hydrogen) atoms. The van der Waals surface area contributed by atoms with E-state index in [1.165, 1.54) is 0 Å². The van der Waals surface area contributed by atoms with Gasteiger partial charge in [-0.3, -0.25) is 4.68 Å². The number of rotatable bonds is 5. The number of benzene rings is 1. The minimum Gasteiger partial charge on any atom is -0.396 e. The second kappa shape index (κ2) is 6.74. The third kappa shape index (κ3) is 3.43. The summed E-state index contributed by atoms with van der Waals surface area (Å²) in [5.74, 6) is 0.126. The zero-order chi connectivity index (χ0) is 14.7. The van der Waals surface area contributed by atoms with Gasteiger partial charge in [0.15, 0.2) is 0 Å². The van der Waals surface area contributed by atoms with Crippen molar-refractivity contribution in [1.82, 2.24) is 9.78 Å². The number of halogens is 2. The van der Waals surface area contributed by atoms with E-state index in [1.807, 2.05) is 42.9 Å². The van der Waals surface area contributed by atoms with Crippen molar-refractivity contribution in [2.24, 2.45) is 13.0 Å². The minimum atomic E-state index is 0.126. The SMILES string of the molecule is Cc1nn(C)c(CC(CO)Cc2ccccc2Cl)c1Br. The standard InChI is InChI=1S/C15H18BrClN2O/c1-10-15(16)14(19(2)18-10)8-11(9-20)7-12-5-3-4-6-13(12)17/h3-6,11,20H,7-9H2,1-2H3. The van der Waals surface area contributed by atoms with Gasteiger partial charge in [-0.15, -0.1) is 0 Å². The van der Waals surface area contributed by atoms with Gasteiger partial charge in [0.25, 0.3) is 0 Å². The normalized spacial score (nSPS) is 12.7. The molecular formula is C15H18BrClN2O. The number of aliphatic hydroxyl groups is 1. The molecule has 0 amide bonds. The monoisotopic (exact) mass is 356 g/mol. The second-order valence-electron chi connectivity index (χ2n) is 5.02. The summed E-state index contributed by atoms with van der Waals surface area (Å²) < 4.78 is 2.90. The highest BCUT2D eigenvalue weighted by Gasteiger charge is 2.17. The van der Waals surface area contributed by atoms with Crippen LogP contribution >= 0.6 is 27.5 Å². The summed E-state index contributed by atoms with van der Waals surface area (Å²) in [6.45, 7) is 2.09. The van der Waals surface area contributed by atoms with Crippen LogP contribution in [0.15, 0.2) is 28.7 Å². The maximum atomic E-state index is 9.64. The third-order valence-electron chi connectivity index (χ3n) is 3.47. The number of aliphatic hydroxyl groups excluding tert-OH is 1. The van der Waals surface area contributed by atoms with Crippen LogP contribution in [0.1, 0.15) is 17.0 Å². The van der Waals surface area contributed by atoms with E-state index in [0.29, 0.717) is 0 Å². The zero-order valence-corrected chi connectivity index (χ0v) is 13.9. The van der Waals surface area contributed by atoms with Crippen molar-refractivity contribution in [2.45, 2.75) is 19.8 Å². The molecule has 0 aliphatic carbocycles. The lowest BCUT2D eigenvalue weighted by atomic mass is 9.95. The summed E-state index contributed by atoms with van der Waals surface area (Å²) in [5, 5.41) is 14.8. The lowest BCUT2D eigenvalue weighted by Gasteiger charge is -2.15. The predicted octanol–water partition coefficient (Wildman–Crippen LogP) is 3.54. The fourth-order valence-corrected chi connectivity index (χ4v) is 3.06. The van der Waals surface area contributed by atoms with Gasteiger partial charge in [0.2, 0.25) is 0 Å². The fourth-order valence-electron chi connectivity index (χ4n) is 2.35. The molecule has 108 valence electrons. The molecule has 0 saturated carbocycles. The second-order valence-corrected chi connectivity index (χ2v) is 6.22. The molecule has 5 heteroatoms. The fraction of sp³-hybridized carbons (Fsp3) is 0.400. The maximum absolute atomic E-state index is 9.64. The Morgan fingerprint density at radius 2 is 2.05 bits per heavy atom. The molecule has 0 radical (unpaired) electrons. The van der Waals surface area contributed by atoms with E-state index in [0.717, 1.165) is 39.3 Å². The van der Waals surface area contributed by atoms with Crippen molar-refractivity contribution in [3.63, 3.8) is 0 Å². The Balaban J connectivity index is 2.15. The Morgan fingerprint density at radius 1 is 1.35 bits per heavy atom. The molecule has 1 aromatic heterocycles. The Labute approximate surface area is 132 Å². The highest BCUT2D eigenvalue weighted by atomic mass is 79.9. The van der Waals surface area contributed by atoms with E-state index in [1.54, 1.807) is 0 Å². The quantitative estimate of drug-likeness (QED) is 0.889. The first-order valence-electron chi connectivity index (χ1n) is 6.55. The van der Waals surface area contributed by atoms with E-state index in [-0.39, 0.29) is 12.5 Å². The summed E-state index contributed by atoms with van der Waals surface area (Å²) in [4.78, 5) is 0. The molecule has 1 aromatic carbocycles. The molecule has 0 bridgehead atoms. The topological polar surface area (TPSA) is 38.0 Å². The summed E-state index contributed by atoms with van der Waals surface area (Å²) in [7, 11) is 1.93. The summed E-state index contributed by atoms with van der Waals surface area (Å²) in [6.07, 6.45) is 1.52. The van der Waals surface area contributed by atoms with Crippen LogP contribution in [0.25, 0.3) is 0 Å². The Morgan fingerprint density at radius 3 is 2.60 bits per heavy atom. The third-order valence-corrected chi connectivity index (χ3v) is 4.87. The summed E-state index contributed by atoms with van der Waals surface area (Å²) in [5.41, 5.74) is 3.15. The first-order chi connectivity index (χ1) is 9.52. The Hall–Kier alpha value is -0.840. The lowest BCUT2D eigenvalue weighted by molar-refractivity contribution is 0.223. The van der Waals surface area contributed by atoms with Gasteiger partial charge in [0, 0.05) is 18.7 Å². The van der Waals surface area contributed by atoms with E-state index < -0.39 is 0 Å². The van der Waals surface area contributed by atoms with E-state index in [9.17, 15) is 5.11 Å². The van der Waals surface area contributed by atoms with Crippen LogP contribution < -0.4 is 0 Å². The van der Waals surface area contributed by atoms with E-state index >= 15 is 0 Å².